The van der Waals surface area contributed by atoms with Crippen molar-refractivity contribution in [3.05, 3.63) is 39.4 Å². The maximum Gasteiger partial charge on any atom is 0.341 e. The molecule has 1 aromatic heterocycles. The predicted octanol–water partition coefficient (Wildman–Crippen LogP) is 3.07. The Morgan fingerprint density at radius 2 is 1.89 bits per heavy atom. The van der Waals surface area contributed by atoms with Gasteiger partial charge in [0.1, 0.15) is 5.69 Å². The minimum absolute atomic E-state index is 0.218. The normalized spacial score (nSPS) is 15.7. The zero-order chi connectivity index (χ0) is 20.5. The molecule has 28 heavy (non-hydrogen) atoms. The minimum Gasteiger partial charge on any atom is -0.364 e. The van der Waals surface area contributed by atoms with Crippen LogP contribution in [0.3, 0.4) is 0 Å². The average molecular weight is 432 g/mol. The molecule has 0 atom stereocenters. The van der Waals surface area contributed by atoms with Crippen LogP contribution in [0.2, 0.25) is 0 Å². The van der Waals surface area contributed by atoms with Gasteiger partial charge >= 0.3 is 5.76 Å². The molecule has 3 rings (SSSR count). The van der Waals surface area contributed by atoms with Crippen molar-refractivity contribution in [2.45, 2.75) is 24.0 Å². The number of nitro benzene ring substituents is 1. The molecule has 2 aromatic rings. The smallest absolute Gasteiger partial charge is 0.341 e. The van der Waals surface area contributed by atoms with Crippen molar-refractivity contribution in [2.75, 3.05) is 36.0 Å². The van der Waals surface area contributed by atoms with Crippen molar-refractivity contribution >= 4 is 37.7 Å². The second-order valence-electron chi connectivity index (χ2n) is 6.31. The molecular weight excluding hydrogens is 414 g/mol. The van der Waals surface area contributed by atoms with Crippen LogP contribution in [0.15, 0.2) is 28.5 Å². The van der Waals surface area contributed by atoms with Crippen molar-refractivity contribution in [1.82, 2.24) is 4.98 Å². The number of nitrogens with zero attached hydrogens (tertiary/aromatic N) is 4. The molecular formula is C16H18F2N4O4S2. The van der Waals surface area contributed by atoms with Gasteiger partial charge in [-0.1, -0.05) is 0 Å². The summed E-state index contributed by atoms with van der Waals surface area (Å²) in [7, 11) is -4.90. The van der Waals surface area contributed by atoms with E-state index in [2.05, 4.69) is 9.88 Å². The van der Waals surface area contributed by atoms with E-state index in [-0.39, 0.29) is 5.69 Å². The molecule has 8 nitrogen and oxygen atoms in total. The molecule has 12 heteroatoms. The molecule has 1 aliphatic heterocycles. The van der Waals surface area contributed by atoms with E-state index in [0.717, 1.165) is 23.4 Å². The SMILES string of the molecule is Cc1csc(N2CCCN(c3ccc(S(=O)(=O)C(F)F)cc3[N+](=O)[O-])CC2)n1. The van der Waals surface area contributed by atoms with Crippen LogP contribution in [-0.2, 0) is 9.84 Å². The maximum atomic E-state index is 12.8. The summed E-state index contributed by atoms with van der Waals surface area (Å²) in [4.78, 5) is 18.3. The van der Waals surface area contributed by atoms with E-state index in [1.54, 1.807) is 4.90 Å². The second-order valence-corrected chi connectivity index (χ2v) is 9.07. The molecule has 0 N–H and O–H groups in total. The van der Waals surface area contributed by atoms with E-state index in [4.69, 9.17) is 0 Å². The fourth-order valence-electron chi connectivity index (χ4n) is 3.03. The van der Waals surface area contributed by atoms with Crippen LogP contribution < -0.4 is 9.80 Å². The summed E-state index contributed by atoms with van der Waals surface area (Å²) in [5.41, 5.74) is 0.642. The molecule has 2 heterocycles. The standard InChI is InChI=1S/C16H18F2N4O4S2/c1-11-10-27-16(19-11)21-6-2-5-20(7-8-21)13-4-3-12(9-14(13)22(23)24)28(25,26)15(17)18/h3-4,9-10,15H,2,5-8H2,1H3. The summed E-state index contributed by atoms with van der Waals surface area (Å²) in [6.45, 7) is 4.20. The van der Waals surface area contributed by atoms with E-state index in [9.17, 15) is 27.3 Å². The number of aryl methyl sites for hydroxylation is 1. The summed E-state index contributed by atoms with van der Waals surface area (Å²) in [5, 5.41) is 14.3. The summed E-state index contributed by atoms with van der Waals surface area (Å²) >= 11 is 1.53. The third kappa shape index (κ3) is 4.07. The van der Waals surface area contributed by atoms with E-state index < -0.39 is 31.1 Å². The largest absolute Gasteiger partial charge is 0.364 e. The number of thiazole rings is 1. The van der Waals surface area contributed by atoms with Crippen LogP contribution in [0.5, 0.6) is 0 Å². The Labute approximate surface area is 164 Å². The summed E-state index contributed by atoms with van der Waals surface area (Å²) in [6, 6.07) is 2.94. The highest BCUT2D eigenvalue weighted by molar-refractivity contribution is 7.91. The highest BCUT2D eigenvalue weighted by Crippen LogP contribution is 2.33. The minimum atomic E-state index is -4.90. The number of anilines is 2. The zero-order valence-electron chi connectivity index (χ0n) is 14.9. The third-order valence-corrected chi connectivity index (χ3v) is 6.82. The highest BCUT2D eigenvalue weighted by atomic mass is 32.2. The molecule has 1 aliphatic rings. The molecule has 1 aromatic carbocycles. The Morgan fingerprint density at radius 1 is 1.21 bits per heavy atom. The van der Waals surface area contributed by atoms with Gasteiger partial charge in [0, 0.05) is 37.6 Å². The summed E-state index contributed by atoms with van der Waals surface area (Å²) in [6.07, 6.45) is 0.715. The van der Waals surface area contributed by atoms with Crippen LogP contribution in [0, 0.1) is 17.0 Å². The van der Waals surface area contributed by atoms with Gasteiger partial charge in [0.05, 0.1) is 15.5 Å². The zero-order valence-corrected chi connectivity index (χ0v) is 16.5. The van der Waals surface area contributed by atoms with Crippen molar-refractivity contribution in [2.24, 2.45) is 0 Å². The average Bonchev–Trinajstić information content (AvgIpc) is 2.93. The molecule has 0 aliphatic carbocycles. The van der Waals surface area contributed by atoms with Crippen molar-refractivity contribution in [3.8, 4) is 0 Å². The molecule has 0 amide bonds. The van der Waals surface area contributed by atoms with Crippen molar-refractivity contribution < 1.29 is 22.1 Å². The first-order valence-corrected chi connectivity index (χ1v) is 10.9. The molecule has 0 radical (unpaired) electrons. The summed E-state index contributed by atoms with van der Waals surface area (Å²) in [5.74, 6) is -3.63. The monoisotopic (exact) mass is 432 g/mol. The lowest BCUT2D eigenvalue weighted by molar-refractivity contribution is -0.384. The fourth-order valence-corrected chi connectivity index (χ4v) is 4.63. The number of benzene rings is 1. The molecule has 0 bridgehead atoms. The lowest BCUT2D eigenvalue weighted by Crippen LogP contribution is -2.31. The first-order chi connectivity index (χ1) is 13.2. The van der Waals surface area contributed by atoms with Crippen molar-refractivity contribution in [3.63, 3.8) is 0 Å². The molecule has 152 valence electrons. The lowest BCUT2D eigenvalue weighted by Gasteiger charge is -2.23. The van der Waals surface area contributed by atoms with Crippen molar-refractivity contribution in [1.29, 1.82) is 0 Å². The Balaban J connectivity index is 1.87. The Kier molecular flexibility index (Phi) is 5.79. The van der Waals surface area contributed by atoms with E-state index >= 15 is 0 Å². The molecule has 1 fully saturated rings. The lowest BCUT2D eigenvalue weighted by atomic mass is 10.2. The number of sulfone groups is 1. The van der Waals surface area contributed by atoms with Gasteiger partial charge in [-0.05, 0) is 25.5 Å². The first kappa shape index (κ1) is 20.4. The summed E-state index contributed by atoms with van der Waals surface area (Å²) < 4.78 is 48.8. The molecule has 1 saturated heterocycles. The number of rotatable bonds is 5. The van der Waals surface area contributed by atoms with Gasteiger partial charge in [-0.2, -0.15) is 8.78 Å². The quantitative estimate of drug-likeness (QED) is 0.529. The van der Waals surface area contributed by atoms with Gasteiger partial charge in [-0.3, -0.25) is 10.1 Å². The Morgan fingerprint density at radius 3 is 2.50 bits per heavy atom. The maximum absolute atomic E-state index is 12.8. The molecule has 0 saturated carbocycles. The number of hydrogen-bond acceptors (Lipinski definition) is 8. The number of nitro groups is 1. The predicted molar refractivity (Wildman–Crippen MR) is 102 cm³/mol. The second kappa shape index (κ2) is 7.95. The van der Waals surface area contributed by atoms with Crippen LogP contribution in [-0.4, -0.2) is 50.3 Å². The topological polar surface area (TPSA) is 96.7 Å². The van der Waals surface area contributed by atoms with E-state index in [0.29, 0.717) is 32.1 Å². The van der Waals surface area contributed by atoms with Gasteiger partial charge in [0.2, 0.25) is 9.84 Å². The van der Waals surface area contributed by atoms with E-state index in [1.165, 1.54) is 17.4 Å². The van der Waals surface area contributed by atoms with Crippen LogP contribution in [0.4, 0.5) is 25.3 Å². The number of halogens is 2. The Bertz CT molecular complexity index is 981. The first-order valence-electron chi connectivity index (χ1n) is 8.42. The highest BCUT2D eigenvalue weighted by Gasteiger charge is 2.31. The number of hydrogen-bond donors (Lipinski definition) is 0. The number of alkyl halides is 2. The van der Waals surface area contributed by atoms with Gasteiger partial charge in [-0.25, -0.2) is 13.4 Å². The Hall–Kier alpha value is -2.34. The van der Waals surface area contributed by atoms with Gasteiger partial charge in [0.25, 0.3) is 5.69 Å². The third-order valence-electron chi connectivity index (χ3n) is 4.42. The van der Waals surface area contributed by atoms with Gasteiger partial charge in [-0.15, -0.1) is 11.3 Å². The van der Waals surface area contributed by atoms with E-state index in [1.807, 2.05) is 12.3 Å². The molecule has 0 spiro atoms. The van der Waals surface area contributed by atoms with Crippen LogP contribution in [0.25, 0.3) is 0 Å². The van der Waals surface area contributed by atoms with Gasteiger partial charge < -0.3 is 9.80 Å². The van der Waals surface area contributed by atoms with Gasteiger partial charge in [0.15, 0.2) is 5.13 Å². The number of aromatic nitrogens is 1. The van der Waals surface area contributed by atoms with Crippen LogP contribution in [0.1, 0.15) is 12.1 Å². The molecule has 0 unspecified atom stereocenters. The fraction of sp³-hybridized carbons (Fsp3) is 0.438. The van der Waals surface area contributed by atoms with Crippen LogP contribution >= 0.6 is 11.3 Å².